The van der Waals surface area contributed by atoms with Crippen LogP contribution in [0.3, 0.4) is 0 Å². The van der Waals surface area contributed by atoms with Crippen LogP contribution < -0.4 is 10.6 Å². The SMILES string of the molecule is CCNC(=NCc1ccc(O)cc1)NC1CCN(C2CCCC2)C1. The summed E-state index contributed by atoms with van der Waals surface area (Å²) in [6.45, 7) is 5.92. The van der Waals surface area contributed by atoms with Gasteiger partial charge in [0.15, 0.2) is 5.96 Å². The molecule has 1 aliphatic heterocycles. The average molecular weight is 330 g/mol. The Hall–Kier alpha value is -1.75. The van der Waals surface area contributed by atoms with Gasteiger partial charge in [-0.3, -0.25) is 4.90 Å². The molecule has 1 aromatic carbocycles. The summed E-state index contributed by atoms with van der Waals surface area (Å²) in [5.41, 5.74) is 1.10. The molecule has 1 aromatic rings. The number of phenols is 1. The molecular weight excluding hydrogens is 300 g/mol. The number of nitrogens with one attached hydrogen (secondary N) is 2. The van der Waals surface area contributed by atoms with Crippen molar-refractivity contribution in [1.82, 2.24) is 15.5 Å². The van der Waals surface area contributed by atoms with Crippen LogP contribution in [0.2, 0.25) is 0 Å². The molecule has 0 spiro atoms. The third kappa shape index (κ3) is 4.63. The Morgan fingerprint density at radius 2 is 1.96 bits per heavy atom. The van der Waals surface area contributed by atoms with Crippen LogP contribution in [0.4, 0.5) is 0 Å². The monoisotopic (exact) mass is 330 g/mol. The molecule has 0 aromatic heterocycles. The van der Waals surface area contributed by atoms with E-state index >= 15 is 0 Å². The third-order valence-electron chi connectivity index (χ3n) is 5.10. The number of hydrogen-bond acceptors (Lipinski definition) is 3. The van der Waals surface area contributed by atoms with Crippen molar-refractivity contribution >= 4 is 5.96 Å². The van der Waals surface area contributed by atoms with Gasteiger partial charge >= 0.3 is 0 Å². The summed E-state index contributed by atoms with van der Waals surface area (Å²) in [7, 11) is 0. The van der Waals surface area contributed by atoms with Crippen molar-refractivity contribution in [2.24, 2.45) is 4.99 Å². The molecule has 5 heteroatoms. The maximum atomic E-state index is 9.36. The van der Waals surface area contributed by atoms with E-state index in [1.54, 1.807) is 12.1 Å². The van der Waals surface area contributed by atoms with Crippen LogP contribution in [-0.2, 0) is 6.54 Å². The van der Waals surface area contributed by atoms with Crippen LogP contribution in [0.15, 0.2) is 29.3 Å². The predicted molar refractivity (Wildman–Crippen MR) is 98.3 cm³/mol. The van der Waals surface area contributed by atoms with Gasteiger partial charge in [-0.2, -0.15) is 0 Å². The maximum absolute atomic E-state index is 9.36. The maximum Gasteiger partial charge on any atom is 0.191 e. The number of phenolic OH excluding ortho intramolecular Hbond substituents is 1. The minimum atomic E-state index is 0.297. The molecule has 3 N–H and O–H groups in total. The largest absolute Gasteiger partial charge is 0.508 e. The zero-order valence-corrected chi connectivity index (χ0v) is 14.7. The van der Waals surface area contributed by atoms with Crippen molar-refractivity contribution in [3.63, 3.8) is 0 Å². The van der Waals surface area contributed by atoms with Crippen molar-refractivity contribution in [3.8, 4) is 5.75 Å². The number of guanidine groups is 1. The zero-order valence-electron chi connectivity index (χ0n) is 14.7. The van der Waals surface area contributed by atoms with Gasteiger partial charge in [-0.25, -0.2) is 4.99 Å². The van der Waals surface area contributed by atoms with Crippen molar-refractivity contribution in [2.75, 3.05) is 19.6 Å². The molecular formula is C19H30N4O. The number of aliphatic imine (C=N–C) groups is 1. The molecule has 1 heterocycles. The smallest absolute Gasteiger partial charge is 0.191 e. The summed E-state index contributed by atoms with van der Waals surface area (Å²) in [6.07, 6.45) is 6.75. The Morgan fingerprint density at radius 1 is 1.21 bits per heavy atom. The average Bonchev–Trinajstić information content (AvgIpc) is 3.25. The minimum absolute atomic E-state index is 0.297. The number of likely N-dealkylation sites (tertiary alicyclic amines) is 1. The summed E-state index contributed by atoms with van der Waals surface area (Å²) in [5.74, 6) is 1.19. The molecule has 1 aliphatic carbocycles. The van der Waals surface area contributed by atoms with Crippen molar-refractivity contribution in [2.45, 2.75) is 57.7 Å². The molecule has 1 saturated carbocycles. The van der Waals surface area contributed by atoms with Gasteiger partial charge in [0, 0.05) is 31.7 Å². The molecule has 2 fully saturated rings. The van der Waals surface area contributed by atoms with Crippen LogP contribution in [0.5, 0.6) is 5.75 Å². The zero-order chi connectivity index (χ0) is 16.8. The lowest BCUT2D eigenvalue weighted by Gasteiger charge is -2.24. The summed E-state index contributed by atoms with van der Waals surface area (Å²) in [5, 5.41) is 16.3. The highest BCUT2D eigenvalue weighted by Gasteiger charge is 2.30. The van der Waals surface area contributed by atoms with Gasteiger partial charge in [0.2, 0.25) is 0 Å². The molecule has 0 radical (unpaired) electrons. The lowest BCUT2D eigenvalue weighted by molar-refractivity contribution is 0.242. The van der Waals surface area contributed by atoms with Gasteiger partial charge in [0.1, 0.15) is 5.75 Å². The first-order valence-electron chi connectivity index (χ1n) is 9.31. The normalized spacial score (nSPS) is 22.9. The van der Waals surface area contributed by atoms with E-state index in [1.807, 2.05) is 12.1 Å². The number of aromatic hydroxyl groups is 1. The summed E-state index contributed by atoms with van der Waals surface area (Å²) < 4.78 is 0. The number of hydrogen-bond donors (Lipinski definition) is 3. The van der Waals surface area contributed by atoms with E-state index in [0.717, 1.165) is 30.7 Å². The number of nitrogens with zero attached hydrogens (tertiary/aromatic N) is 2. The second kappa shape index (κ2) is 8.38. The number of benzene rings is 1. The first-order chi connectivity index (χ1) is 11.7. The van der Waals surface area contributed by atoms with Crippen LogP contribution in [0.25, 0.3) is 0 Å². The van der Waals surface area contributed by atoms with Crippen LogP contribution in [0.1, 0.15) is 44.6 Å². The summed E-state index contributed by atoms with van der Waals surface area (Å²) >= 11 is 0. The second-order valence-corrected chi connectivity index (χ2v) is 6.92. The first-order valence-corrected chi connectivity index (χ1v) is 9.31. The van der Waals surface area contributed by atoms with Crippen molar-refractivity contribution < 1.29 is 5.11 Å². The quantitative estimate of drug-likeness (QED) is 0.573. The highest BCUT2D eigenvalue weighted by Crippen LogP contribution is 2.26. The summed E-state index contributed by atoms with van der Waals surface area (Å²) in [4.78, 5) is 7.35. The number of rotatable bonds is 5. The van der Waals surface area contributed by atoms with E-state index < -0.39 is 0 Å². The topological polar surface area (TPSA) is 59.9 Å². The van der Waals surface area contributed by atoms with Crippen molar-refractivity contribution in [1.29, 1.82) is 0 Å². The lowest BCUT2D eigenvalue weighted by Crippen LogP contribution is -2.45. The van der Waals surface area contributed by atoms with Crippen LogP contribution in [-0.4, -0.2) is 47.7 Å². The van der Waals surface area contributed by atoms with E-state index in [2.05, 4.69) is 22.5 Å². The summed E-state index contributed by atoms with van der Waals surface area (Å²) in [6, 6.07) is 8.56. The third-order valence-corrected chi connectivity index (χ3v) is 5.10. The predicted octanol–water partition coefficient (Wildman–Crippen LogP) is 2.46. The second-order valence-electron chi connectivity index (χ2n) is 6.92. The van der Waals surface area contributed by atoms with Crippen LogP contribution in [0, 0.1) is 0 Å². The first kappa shape index (κ1) is 17.1. The Morgan fingerprint density at radius 3 is 2.67 bits per heavy atom. The van der Waals surface area contributed by atoms with Gasteiger partial charge in [-0.1, -0.05) is 25.0 Å². The van der Waals surface area contributed by atoms with E-state index in [-0.39, 0.29) is 0 Å². The van der Waals surface area contributed by atoms with E-state index in [0.29, 0.717) is 18.3 Å². The van der Waals surface area contributed by atoms with E-state index in [4.69, 9.17) is 4.99 Å². The fourth-order valence-electron chi connectivity index (χ4n) is 3.79. The molecule has 5 nitrogen and oxygen atoms in total. The fourth-order valence-corrected chi connectivity index (χ4v) is 3.79. The standard InChI is InChI=1S/C19H30N4O/c1-2-20-19(21-13-15-7-9-18(24)10-8-15)22-16-11-12-23(14-16)17-5-3-4-6-17/h7-10,16-17,24H,2-6,11-14H2,1H3,(H2,20,21,22). The Labute approximate surface area is 145 Å². The molecule has 1 atom stereocenters. The Bertz CT molecular complexity index is 537. The molecule has 3 rings (SSSR count). The molecule has 0 amide bonds. The molecule has 1 unspecified atom stereocenters. The Balaban J connectivity index is 1.53. The highest BCUT2D eigenvalue weighted by atomic mass is 16.3. The van der Waals surface area contributed by atoms with Crippen LogP contribution >= 0.6 is 0 Å². The Kier molecular flexibility index (Phi) is 5.96. The molecule has 132 valence electrons. The van der Waals surface area contributed by atoms with E-state index in [1.165, 1.54) is 38.6 Å². The van der Waals surface area contributed by atoms with Gasteiger partial charge in [0.05, 0.1) is 6.54 Å². The van der Waals surface area contributed by atoms with Gasteiger partial charge < -0.3 is 15.7 Å². The van der Waals surface area contributed by atoms with Gasteiger partial charge in [0.25, 0.3) is 0 Å². The molecule has 0 bridgehead atoms. The van der Waals surface area contributed by atoms with Gasteiger partial charge in [-0.05, 0) is 43.9 Å². The highest BCUT2D eigenvalue weighted by molar-refractivity contribution is 5.80. The van der Waals surface area contributed by atoms with E-state index in [9.17, 15) is 5.11 Å². The lowest BCUT2D eigenvalue weighted by atomic mass is 10.2. The minimum Gasteiger partial charge on any atom is -0.508 e. The molecule has 1 saturated heterocycles. The fraction of sp³-hybridized carbons (Fsp3) is 0.632. The molecule has 2 aliphatic rings. The van der Waals surface area contributed by atoms with Gasteiger partial charge in [-0.15, -0.1) is 0 Å². The van der Waals surface area contributed by atoms with Crippen molar-refractivity contribution in [3.05, 3.63) is 29.8 Å². The molecule has 24 heavy (non-hydrogen) atoms.